The van der Waals surface area contributed by atoms with Crippen molar-refractivity contribution in [1.29, 1.82) is 0 Å². The number of hydrogen-bond donors (Lipinski definition) is 0. The lowest BCUT2D eigenvalue weighted by atomic mass is 9.69. The van der Waals surface area contributed by atoms with Crippen molar-refractivity contribution >= 4 is 5.78 Å². The second-order valence-corrected chi connectivity index (χ2v) is 4.85. The summed E-state index contributed by atoms with van der Waals surface area (Å²) < 4.78 is 0. The smallest absolute Gasteiger partial charge is 0.130 e. The van der Waals surface area contributed by atoms with Crippen LogP contribution in [-0.2, 0) is 4.79 Å². The van der Waals surface area contributed by atoms with Crippen molar-refractivity contribution in [2.24, 2.45) is 5.92 Å². The Kier molecular flexibility index (Phi) is 2.90. The Morgan fingerprint density at radius 1 is 1.40 bits per heavy atom. The second-order valence-electron chi connectivity index (χ2n) is 4.85. The molecule has 1 aliphatic carbocycles. The molecule has 0 aliphatic heterocycles. The number of aryl methyl sites for hydroxylation is 1. The molecule has 1 aromatic carbocycles. The van der Waals surface area contributed by atoms with Crippen LogP contribution in [0.3, 0.4) is 0 Å². The van der Waals surface area contributed by atoms with Crippen LogP contribution in [0.15, 0.2) is 24.3 Å². The molecule has 1 fully saturated rings. The zero-order chi connectivity index (χ0) is 10.8. The molecule has 1 heteroatoms. The molecule has 0 atom stereocenters. The van der Waals surface area contributed by atoms with Crippen LogP contribution in [0.4, 0.5) is 0 Å². The number of Topliss-reactive ketones (excluding diaryl/α,β-unsaturated/α-hetero) is 1. The van der Waals surface area contributed by atoms with E-state index in [1.807, 2.05) is 0 Å². The Hall–Kier alpha value is -1.11. The SMILES string of the molecule is CC(=O)CC1CC(c2cccc(C)c2)C1. The molecular formula is C14H18O. The van der Waals surface area contributed by atoms with E-state index in [2.05, 4.69) is 31.2 Å². The van der Waals surface area contributed by atoms with Gasteiger partial charge in [-0.25, -0.2) is 0 Å². The normalized spacial score (nSPS) is 24.7. The highest BCUT2D eigenvalue weighted by atomic mass is 16.1. The molecule has 0 heterocycles. The van der Waals surface area contributed by atoms with E-state index in [4.69, 9.17) is 0 Å². The van der Waals surface area contributed by atoms with Crippen molar-refractivity contribution < 1.29 is 4.79 Å². The Labute approximate surface area is 91.5 Å². The fraction of sp³-hybridized carbons (Fsp3) is 0.500. The first-order valence-corrected chi connectivity index (χ1v) is 5.71. The lowest BCUT2D eigenvalue weighted by Gasteiger charge is -2.35. The zero-order valence-electron chi connectivity index (χ0n) is 9.49. The van der Waals surface area contributed by atoms with Crippen molar-refractivity contribution in [3.05, 3.63) is 35.4 Å². The quantitative estimate of drug-likeness (QED) is 0.733. The van der Waals surface area contributed by atoms with Crippen LogP contribution in [0.5, 0.6) is 0 Å². The van der Waals surface area contributed by atoms with Crippen LogP contribution in [0.2, 0.25) is 0 Å². The van der Waals surface area contributed by atoms with E-state index in [-0.39, 0.29) is 0 Å². The molecule has 0 amide bonds. The van der Waals surface area contributed by atoms with Gasteiger partial charge in [-0.3, -0.25) is 0 Å². The number of ketones is 1. The molecule has 1 aliphatic rings. The third-order valence-corrected chi connectivity index (χ3v) is 3.33. The molecule has 0 radical (unpaired) electrons. The summed E-state index contributed by atoms with van der Waals surface area (Å²) in [5, 5.41) is 0. The maximum absolute atomic E-state index is 10.9. The Morgan fingerprint density at radius 2 is 2.13 bits per heavy atom. The molecular weight excluding hydrogens is 184 g/mol. The lowest BCUT2D eigenvalue weighted by Crippen LogP contribution is -2.23. The van der Waals surface area contributed by atoms with Crippen molar-refractivity contribution in [2.75, 3.05) is 0 Å². The fourth-order valence-electron chi connectivity index (χ4n) is 2.51. The number of benzene rings is 1. The molecule has 2 rings (SSSR count). The standard InChI is InChI=1S/C14H18O/c1-10-4-3-5-13(6-10)14-8-12(9-14)7-11(2)15/h3-6,12,14H,7-9H2,1-2H3. The topological polar surface area (TPSA) is 17.1 Å². The largest absolute Gasteiger partial charge is 0.300 e. The van der Waals surface area contributed by atoms with Gasteiger partial charge >= 0.3 is 0 Å². The number of carbonyl (C=O) groups is 1. The minimum Gasteiger partial charge on any atom is -0.300 e. The number of rotatable bonds is 3. The van der Waals surface area contributed by atoms with Gasteiger partial charge in [0.25, 0.3) is 0 Å². The monoisotopic (exact) mass is 202 g/mol. The lowest BCUT2D eigenvalue weighted by molar-refractivity contribution is -0.118. The van der Waals surface area contributed by atoms with E-state index < -0.39 is 0 Å². The van der Waals surface area contributed by atoms with Crippen LogP contribution in [0.1, 0.15) is 43.2 Å². The predicted octanol–water partition coefficient (Wildman–Crippen LogP) is 3.47. The minimum atomic E-state index is 0.336. The Balaban J connectivity index is 1.92. The van der Waals surface area contributed by atoms with Crippen LogP contribution in [0.25, 0.3) is 0 Å². The van der Waals surface area contributed by atoms with E-state index in [0.717, 1.165) is 6.42 Å². The summed E-state index contributed by atoms with van der Waals surface area (Å²) in [6.45, 7) is 3.83. The summed E-state index contributed by atoms with van der Waals surface area (Å²) in [6.07, 6.45) is 3.17. The molecule has 0 unspecified atom stereocenters. The molecule has 1 aromatic rings. The molecule has 1 nitrogen and oxygen atoms in total. The molecule has 0 bridgehead atoms. The van der Waals surface area contributed by atoms with E-state index in [9.17, 15) is 4.79 Å². The molecule has 0 N–H and O–H groups in total. The first-order chi connectivity index (χ1) is 7.15. The van der Waals surface area contributed by atoms with Crippen LogP contribution in [-0.4, -0.2) is 5.78 Å². The fourth-order valence-corrected chi connectivity index (χ4v) is 2.51. The van der Waals surface area contributed by atoms with Crippen LogP contribution >= 0.6 is 0 Å². The predicted molar refractivity (Wildman–Crippen MR) is 61.9 cm³/mol. The minimum absolute atomic E-state index is 0.336. The third-order valence-electron chi connectivity index (χ3n) is 3.33. The molecule has 0 aromatic heterocycles. The van der Waals surface area contributed by atoms with Crippen LogP contribution in [0, 0.1) is 12.8 Å². The van der Waals surface area contributed by atoms with Gasteiger partial charge < -0.3 is 4.79 Å². The number of carbonyl (C=O) groups excluding carboxylic acids is 1. The van der Waals surface area contributed by atoms with Crippen molar-refractivity contribution in [2.45, 2.75) is 39.0 Å². The van der Waals surface area contributed by atoms with Gasteiger partial charge in [0.1, 0.15) is 5.78 Å². The number of hydrogen-bond acceptors (Lipinski definition) is 1. The highest BCUT2D eigenvalue weighted by Gasteiger charge is 2.30. The summed E-state index contributed by atoms with van der Waals surface area (Å²) in [5.41, 5.74) is 2.79. The van der Waals surface area contributed by atoms with E-state index >= 15 is 0 Å². The van der Waals surface area contributed by atoms with Gasteiger partial charge in [-0.05, 0) is 44.1 Å². The molecule has 1 saturated carbocycles. The van der Waals surface area contributed by atoms with Gasteiger partial charge in [-0.1, -0.05) is 29.8 Å². The Bertz CT molecular complexity index is 361. The highest BCUT2D eigenvalue weighted by Crippen LogP contribution is 2.43. The van der Waals surface area contributed by atoms with Gasteiger partial charge in [0, 0.05) is 6.42 Å². The summed E-state index contributed by atoms with van der Waals surface area (Å²) >= 11 is 0. The summed E-state index contributed by atoms with van der Waals surface area (Å²) in [5.74, 6) is 1.69. The van der Waals surface area contributed by atoms with E-state index in [0.29, 0.717) is 17.6 Å². The van der Waals surface area contributed by atoms with Gasteiger partial charge in [0.2, 0.25) is 0 Å². The maximum Gasteiger partial charge on any atom is 0.130 e. The molecule has 15 heavy (non-hydrogen) atoms. The van der Waals surface area contributed by atoms with Gasteiger partial charge in [-0.15, -0.1) is 0 Å². The van der Waals surface area contributed by atoms with E-state index in [1.54, 1.807) is 6.92 Å². The van der Waals surface area contributed by atoms with Crippen molar-refractivity contribution in [3.8, 4) is 0 Å². The van der Waals surface area contributed by atoms with Gasteiger partial charge in [-0.2, -0.15) is 0 Å². The zero-order valence-corrected chi connectivity index (χ0v) is 9.49. The van der Waals surface area contributed by atoms with Gasteiger partial charge in [0.05, 0.1) is 0 Å². The van der Waals surface area contributed by atoms with Crippen molar-refractivity contribution in [3.63, 3.8) is 0 Å². The summed E-state index contributed by atoms with van der Waals surface area (Å²) in [4.78, 5) is 10.9. The van der Waals surface area contributed by atoms with Crippen molar-refractivity contribution in [1.82, 2.24) is 0 Å². The Morgan fingerprint density at radius 3 is 2.73 bits per heavy atom. The molecule has 80 valence electrons. The van der Waals surface area contributed by atoms with Gasteiger partial charge in [0.15, 0.2) is 0 Å². The molecule has 0 spiro atoms. The molecule has 0 saturated heterocycles. The average Bonchev–Trinajstić information content (AvgIpc) is 2.10. The second kappa shape index (κ2) is 4.18. The highest BCUT2D eigenvalue weighted by molar-refractivity contribution is 5.75. The van der Waals surface area contributed by atoms with E-state index in [1.165, 1.54) is 24.0 Å². The summed E-state index contributed by atoms with van der Waals surface area (Å²) in [6, 6.07) is 8.74. The summed E-state index contributed by atoms with van der Waals surface area (Å²) in [7, 11) is 0. The van der Waals surface area contributed by atoms with Crippen LogP contribution < -0.4 is 0 Å². The maximum atomic E-state index is 10.9. The average molecular weight is 202 g/mol. The first kappa shape index (κ1) is 10.4. The third kappa shape index (κ3) is 2.47. The first-order valence-electron chi connectivity index (χ1n) is 5.71.